The predicted molar refractivity (Wildman–Crippen MR) is 162 cm³/mol. The van der Waals surface area contributed by atoms with E-state index in [2.05, 4.69) is 39.4 Å². The lowest BCUT2D eigenvalue weighted by atomic mass is 9.90. The van der Waals surface area contributed by atoms with E-state index in [4.69, 9.17) is 11.6 Å². The fourth-order valence-corrected chi connectivity index (χ4v) is 7.03. The number of hydrogen-bond donors (Lipinski definition) is 0. The number of amides is 1. The molecule has 1 saturated heterocycles. The van der Waals surface area contributed by atoms with Gasteiger partial charge in [-0.05, 0) is 55.0 Å². The number of nitrogens with zero attached hydrogens (tertiary/aromatic N) is 5. The molecule has 6 nitrogen and oxygen atoms in total. The molecule has 41 heavy (non-hydrogen) atoms. The Hall–Kier alpha value is -3.53. The highest BCUT2D eigenvalue weighted by Crippen LogP contribution is 2.34. The van der Waals surface area contributed by atoms with Crippen LogP contribution in [0.5, 0.6) is 0 Å². The first-order valence-corrected chi connectivity index (χ1v) is 15.7. The number of carbonyl (C=O) groups excluding carboxylic acids is 1. The molecule has 0 aliphatic carbocycles. The summed E-state index contributed by atoms with van der Waals surface area (Å²) in [5.41, 5.74) is 2.82. The second-order valence-electron chi connectivity index (χ2n) is 9.91. The zero-order valence-corrected chi connectivity index (χ0v) is 24.5. The van der Waals surface area contributed by atoms with Crippen LogP contribution in [0.4, 0.5) is 4.39 Å². The first-order chi connectivity index (χ1) is 20.1. The van der Waals surface area contributed by atoms with Gasteiger partial charge in [0.1, 0.15) is 16.5 Å². The Labute approximate surface area is 251 Å². The van der Waals surface area contributed by atoms with Gasteiger partial charge in [0.05, 0.1) is 16.5 Å². The molecule has 1 fully saturated rings. The van der Waals surface area contributed by atoms with Gasteiger partial charge in [0.25, 0.3) is 5.91 Å². The van der Waals surface area contributed by atoms with Crippen molar-refractivity contribution < 1.29 is 9.18 Å². The van der Waals surface area contributed by atoms with Gasteiger partial charge in [-0.15, -0.1) is 21.5 Å². The number of carbonyl (C=O) groups is 1. The maximum atomic E-state index is 14.9. The second kappa shape index (κ2) is 12.5. The Bertz CT molecular complexity index is 1650. The Kier molecular flexibility index (Phi) is 8.46. The number of likely N-dealkylation sites (tertiary alicyclic amines) is 1. The van der Waals surface area contributed by atoms with Crippen LogP contribution < -0.4 is 0 Å². The van der Waals surface area contributed by atoms with Gasteiger partial charge in [-0.3, -0.25) is 9.36 Å². The van der Waals surface area contributed by atoms with Gasteiger partial charge in [0, 0.05) is 24.0 Å². The smallest absolute Gasteiger partial charge is 0.273 e. The zero-order valence-electron chi connectivity index (χ0n) is 22.1. The van der Waals surface area contributed by atoms with E-state index in [0.29, 0.717) is 44.6 Å². The number of aromatic nitrogens is 4. The van der Waals surface area contributed by atoms with Crippen LogP contribution in [0.3, 0.4) is 0 Å². The molecule has 0 saturated carbocycles. The van der Waals surface area contributed by atoms with E-state index in [1.807, 2.05) is 34.5 Å². The number of hydrogen-bond acceptors (Lipinski definition) is 6. The van der Waals surface area contributed by atoms with Crippen molar-refractivity contribution in [2.45, 2.75) is 30.2 Å². The highest BCUT2D eigenvalue weighted by molar-refractivity contribution is 7.98. The summed E-state index contributed by atoms with van der Waals surface area (Å²) < 4.78 is 16.6. The third-order valence-corrected chi connectivity index (χ3v) is 9.51. The predicted octanol–water partition coefficient (Wildman–Crippen LogP) is 7.57. The summed E-state index contributed by atoms with van der Waals surface area (Å²) in [6.07, 6.45) is 3.04. The van der Waals surface area contributed by atoms with E-state index in [0.717, 1.165) is 37.4 Å². The Morgan fingerprint density at radius 2 is 1.71 bits per heavy atom. The molecule has 10 heteroatoms. The minimum atomic E-state index is -0.392. The van der Waals surface area contributed by atoms with E-state index in [9.17, 15) is 9.18 Å². The van der Waals surface area contributed by atoms with Crippen LogP contribution in [-0.2, 0) is 12.2 Å². The van der Waals surface area contributed by atoms with Crippen molar-refractivity contribution >= 4 is 40.6 Å². The highest BCUT2D eigenvalue weighted by Gasteiger charge is 2.26. The number of benzene rings is 3. The van der Waals surface area contributed by atoms with Crippen molar-refractivity contribution in [1.29, 1.82) is 0 Å². The molecule has 3 heterocycles. The number of piperidine rings is 1. The van der Waals surface area contributed by atoms with Crippen LogP contribution in [0.25, 0.3) is 17.1 Å². The molecule has 0 spiro atoms. The van der Waals surface area contributed by atoms with E-state index in [1.54, 1.807) is 28.8 Å². The second-order valence-corrected chi connectivity index (χ2v) is 12.2. The topological polar surface area (TPSA) is 63.9 Å². The first kappa shape index (κ1) is 27.6. The maximum absolute atomic E-state index is 14.9. The number of thiazole rings is 1. The van der Waals surface area contributed by atoms with Gasteiger partial charge in [0.2, 0.25) is 0 Å². The van der Waals surface area contributed by atoms with Crippen LogP contribution in [0.15, 0.2) is 89.4 Å². The third kappa shape index (κ3) is 6.22. The number of halogens is 2. The molecule has 5 aromatic rings. The van der Waals surface area contributed by atoms with Crippen LogP contribution in [0, 0.1) is 11.7 Å². The summed E-state index contributed by atoms with van der Waals surface area (Å²) >= 11 is 9.29. The van der Waals surface area contributed by atoms with Crippen molar-refractivity contribution in [2.75, 3.05) is 13.1 Å². The minimum absolute atomic E-state index is 0.0220. The van der Waals surface area contributed by atoms with E-state index in [1.165, 1.54) is 34.7 Å². The Morgan fingerprint density at radius 1 is 0.976 bits per heavy atom. The first-order valence-electron chi connectivity index (χ1n) is 13.4. The molecular weight excluding hydrogens is 577 g/mol. The molecule has 1 aliphatic heterocycles. The molecule has 2 aromatic heterocycles. The number of rotatable bonds is 8. The molecule has 0 unspecified atom stereocenters. The van der Waals surface area contributed by atoms with Crippen molar-refractivity contribution in [3.05, 3.63) is 111 Å². The summed E-state index contributed by atoms with van der Waals surface area (Å²) in [7, 11) is 0. The van der Waals surface area contributed by atoms with Gasteiger partial charge in [-0.1, -0.05) is 78.0 Å². The lowest BCUT2D eigenvalue weighted by molar-refractivity contribution is 0.0685. The monoisotopic (exact) mass is 603 g/mol. The molecule has 208 valence electrons. The lowest BCUT2D eigenvalue weighted by Gasteiger charge is -2.31. The lowest BCUT2D eigenvalue weighted by Crippen LogP contribution is -2.39. The number of thioether (sulfide) groups is 1. The van der Waals surface area contributed by atoms with E-state index < -0.39 is 5.82 Å². The zero-order chi connectivity index (χ0) is 28.2. The van der Waals surface area contributed by atoms with Gasteiger partial charge in [-0.25, -0.2) is 9.37 Å². The standard InChI is InChI=1S/C31H27ClFN5OS2/c32-24-11-5-4-10-23(24)29-35-36-31(38(29)27-13-7-6-12-25(27)33)41-20-28-34-26(19-40-28)30(39)37-16-14-22(15-17-37)18-21-8-2-1-3-9-21/h1-13,19,22H,14-18,20H2. The molecule has 6 rings (SSSR count). The summed E-state index contributed by atoms with van der Waals surface area (Å²) in [5, 5.41) is 12.4. The van der Waals surface area contributed by atoms with Gasteiger partial charge < -0.3 is 4.90 Å². The highest BCUT2D eigenvalue weighted by atomic mass is 35.5. The van der Waals surface area contributed by atoms with Crippen LogP contribution in [0.1, 0.15) is 33.9 Å². The molecule has 1 amide bonds. The van der Waals surface area contributed by atoms with Crippen LogP contribution in [0.2, 0.25) is 5.02 Å². The van der Waals surface area contributed by atoms with Gasteiger partial charge >= 0.3 is 0 Å². The quantitative estimate of drug-likeness (QED) is 0.171. The minimum Gasteiger partial charge on any atom is -0.337 e. The number of para-hydroxylation sites is 1. The fourth-order valence-electron chi connectivity index (χ4n) is 5.08. The maximum Gasteiger partial charge on any atom is 0.273 e. The molecule has 0 N–H and O–H groups in total. The SMILES string of the molecule is O=C(c1csc(CSc2nnc(-c3ccccc3Cl)n2-c2ccccc2F)n1)N1CCC(Cc2ccccc2)CC1. The average molecular weight is 604 g/mol. The molecule has 3 aromatic carbocycles. The van der Waals surface area contributed by atoms with Gasteiger partial charge in [0.15, 0.2) is 11.0 Å². The summed E-state index contributed by atoms with van der Waals surface area (Å²) in [6.45, 7) is 1.49. The fraction of sp³-hybridized carbons (Fsp3) is 0.226. The van der Waals surface area contributed by atoms with Crippen LogP contribution in [-0.4, -0.2) is 43.6 Å². The van der Waals surface area contributed by atoms with Crippen molar-refractivity contribution in [2.24, 2.45) is 5.92 Å². The molecule has 1 aliphatic rings. The molecule has 0 atom stereocenters. The summed E-state index contributed by atoms with van der Waals surface area (Å²) in [6, 6.07) is 24.3. The van der Waals surface area contributed by atoms with E-state index in [-0.39, 0.29) is 5.91 Å². The van der Waals surface area contributed by atoms with Crippen molar-refractivity contribution in [1.82, 2.24) is 24.6 Å². The normalized spacial score (nSPS) is 14.0. The molecule has 0 radical (unpaired) electrons. The Morgan fingerprint density at radius 3 is 2.49 bits per heavy atom. The van der Waals surface area contributed by atoms with Gasteiger partial charge in [-0.2, -0.15) is 0 Å². The molecular formula is C31H27ClFN5OS2. The largest absolute Gasteiger partial charge is 0.337 e. The van der Waals surface area contributed by atoms with Crippen LogP contribution >= 0.6 is 34.7 Å². The summed E-state index contributed by atoms with van der Waals surface area (Å²) in [4.78, 5) is 19.8. The Balaban J connectivity index is 1.14. The summed E-state index contributed by atoms with van der Waals surface area (Å²) in [5.74, 6) is 1.09. The third-order valence-electron chi connectivity index (χ3n) is 7.21. The average Bonchev–Trinajstić information content (AvgIpc) is 3.65. The van der Waals surface area contributed by atoms with E-state index >= 15 is 0 Å². The molecule has 0 bridgehead atoms. The van der Waals surface area contributed by atoms with Crippen molar-refractivity contribution in [3.8, 4) is 17.1 Å². The van der Waals surface area contributed by atoms with Crippen molar-refractivity contribution in [3.63, 3.8) is 0 Å².